The van der Waals surface area contributed by atoms with Gasteiger partial charge in [-0.2, -0.15) is 0 Å². The second-order valence-electron chi connectivity index (χ2n) is 7.03. The number of aliphatic hydroxyl groups is 1. The number of hydrogen-bond donors (Lipinski definition) is 2. The summed E-state index contributed by atoms with van der Waals surface area (Å²) in [5.74, 6) is 1.77. The van der Waals surface area contributed by atoms with Crippen molar-refractivity contribution in [2.24, 2.45) is 22.7 Å². The summed E-state index contributed by atoms with van der Waals surface area (Å²) in [7, 11) is 0. The van der Waals surface area contributed by atoms with E-state index < -0.39 is 0 Å². The second kappa shape index (κ2) is 3.71. The first-order chi connectivity index (χ1) is 8.05. The van der Waals surface area contributed by atoms with Gasteiger partial charge in [0, 0.05) is 6.54 Å². The van der Waals surface area contributed by atoms with E-state index in [1.165, 1.54) is 19.3 Å². The molecule has 2 N–H and O–H groups in total. The molecule has 0 aliphatic heterocycles. The molecule has 2 atom stereocenters. The molecular formula is C14H23NO2. The molecule has 2 unspecified atom stereocenters. The first-order valence-corrected chi connectivity index (χ1v) is 6.94. The summed E-state index contributed by atoms with van der Waals surface area (Å²) in [5, 5.41) is 11.8. The van der Waals surface area contributed by atoms with Gasteiger partial charge in [-0.05, 0) is 55.8 Å². The van der Waals surface area contributed by atoms with Gasteiger partial charge in [-0.15, -0.1) is 0 Å². The molecule has 4 aliphatic carbocycles. The van der Waals surface area contributed by atoms with Crippen LogP contribution in [0.5, 0.6) is 0 Å². The first-order valence-electron chi connectivity index (χ1n) is 6.94. The van der Waals surface area contributed by atoms with Crippen molar-refractivity contribution in [3.05, 3.63) is 0 Å². The summed E-state index contributed by atoms with van der Waals surface area (Å²) in [6, 6.07) is 0. The summed E-state index contributed by atoms with van der Waals surface area (Å²) < 4.78 is 0. The van der Waals surface area contributed by atoms with Gasteiger partial charge in [-0.25, -0.2) is 0 Å². The highest BCUT2D eigenvalue weighted by Gasteiger charge is 2.58. The molecule has 0 aromatic carbocycles. The summed E-state index contributed by atoms with van der Waals surface area (Å²) in [4.78, 5) is 12.4. The summed E-state index contributed by atoms with van der Waals surface area (Å²) in [6.07, 6.45) is 7.28. The highest BCUT2D eigenvalue weighted by molar-refractivity contribution is 5.83. The largest absolute Gasteiger partial charge is 0.395 e. The fourth-order valence-electron chi connectivity index (χ4n) is 5.34. The van der Waals surface area contributed by atoms with Crippen molar-refractivity contribution in [3.8, 4) is 0 Å². The predicted molar refractivity (Wildman–Crippen MR) is 65.3 cm³/mol. The Balaban J connectivity index is 1.81. The van der Waals surface area contributed by atoms with E-state index in [2.05, 4.69) is 12.2 Å². The van der Waals surface area contributed by atoms with Crippen LogP contribution in [0.4, 0.5) is 0 Å². The zero-order valence-corrected chi connectivity index (χ0v) is 10.7. The van der Waals surface area contributed by atoms with Crippen molar-refractivity contribution < 1.29 is 9.90 Å². The summed E-state index contributed by atoms with van der Waals surface area (Å²) >= 11 is 0. The second-order valence-corrected chi connectivity index (χ2v) is 7.03. The van der Waals surface area contributed by atoms with Crippen molar-refractivity contribution >= 4 is 5.91 Å². The van der Waals surface area contributed by atoms with E-state index in [1.807, 2.05) is 0 Å². The van der Waals surface area contributed by atoms with Crippen LogP contribution < -0.4 is 5.32 Å². The summed E-state index contributed by atoms with van der Waals surface area (Å²) in [5.41, 5.74) is 0.328. The summed E-state index contributed by atoms with van der Waals surface area (Å²) in [6.45, 7) is 2.83. The van der Waals surface area contributed by atoms with Crippen LogP contribution in [0.3, 0.4) is 0 Å². The highest BCUT2D eigenvalue weighted by Crippen LogP contribution is 2.65. The maximum Gasteiger partial charge on any atom is 0.226 e. The molecule has 17 heavy (non-hydrogen) atoms. The van der Waals surface area contributed by atoms with Crippen molar-refractivity contribution in [3.63, 3.8) is 0 Å². The molecular weight excluding hydrogens is 214 g/mol. The van der Waals surface area contributed by atoms with E-state index in [9.17, 15) is 4.79 Å². The van der Waals surface area contributed by atoms with Gasteiger partial charge in [0.15, 0.2) is 0 Å². The minimum Gasteiger partial charge on any atom is -0.395 e. The van der Waals surface area contributed by atoms with E-state index in [-0.39, 0.29) is 17.9 Å². The quantitative estimate of drug-likeness (QED) is 0.785. The third-order valence-corrected chi connectivity index (χ3v) is 5.23. The van der Waals surface area contributed by atoms with E-state index in [1.54, 1.807) is 0 Å². The molecule has 1 amide bonds. The molecule has 4 bridgehead atoms. The van der Waals surface area contributed by atoms with Crippen LogP contribution >= 0.6 is 0 Å². The molecule has 0 saturated heterocycles. The lowest BCUT2D eigenvalue weighted by Gasteiger charge is -2.60. The molecule has 4 saturated carbocycles. The van der Waals surface area contributed by atoms with Crippen molar-refractivity contribution in [2.75, 3.05) is 13.2 Å². The maximum atomic E-state index is 12.4. The van der Waals surface area contributed by atoms with Crippen LogP contribution in [0, 0.1) is 22.7 Å². The Morgan fingerprint density at radius 2 is 1.94 bits per heavy atom. The number of amides is 1. The van der Waals surface area contributed by atoms with E-state index in [0.29, 0.717) is 12.0 Å². The van der Waals surface area contributed by atoms with Gasteiger partial charge in [-0.1, -0.05) is 6.92 Å². The number of rotatable bonds is 3. The Bertz CT molecular complexity index is 325. The van der Waals surface area contributed by atoms with Gasteiger partial charge < -0.3 is 10.4 Å². The average molecular weight is 237 g/mol. The van der Waals surface area contributed by atoms with Gasteiger partial charge in [0.25, 0.3) is 0 Å². The van der Waals surface area contributed by atoms with E-state index in [4.69, 9.17) is 5.11 Å². The predicted octanol–water partition coefficient (Wildman–Crippen LogP) is 1.70. The lowest BCUT2D eigenvalue weighted by Crippen LogP contribution is -2.57. The monoisotopic (exact) mass is 237 g/mol. The Morgan fingerprint density at radius 1 is 1.29 bits per heavy atom. The first kappa shape index (κ1) is 11.5. The fraction of sp³-hybridized carbons (Fsp3) is 0.929. The zero-order chi connectivity index (χ0) is 12.1. The van der Waals surface area contributed by atoms with Crippen molar-refractivity contribution in [1.82, 2.24) is 5.32 Å². The molecule has 0 heterocycles. The molecule has 3 nitrogen and oxygen atoms in total. The number of carbonyl (C=O) groups is 1. The van der Waals surface area contributed by atoms with Crippen molar-refractivity contribution in [2.45, 2.75) is 45.4 Å². The Hall–Kier alpha value is -0.570. The lowest BCUT2D eigenvalue weighted by molar-refractivity contribution is -0.155. The fourth-order valence-corrected chi connectivity index (χ4v) is 5.34. The molecule has 3 heteroatoms. The molecule has 4 rings (SSSR count). The third kappa shape index (κ3) is 1.79. The molecule has 0 spiro atoms. The minimum atomic E-state index is -0.0893. The molecule has 0 radical (unpaired) electrons. The number of carbonyl (C=O) groups excluding carboxylic acids is 1. The normalized spacial score (nSPS) is 47.2. The van der Waals surface area contributed by atoms with Crippen molar-refractivity contribution in [1.29, 1.82) is 0 Å². The number of aliphatic hydroxyl groups excluding tert-OH is 1. The highest BCUT2D eigenvalue weighted by atomic mass is 16.3. The molecule has 96 valence electrons. The smallest absolute Gasteiger partial charge is 0.226 e. The average Bonchev–Trinajstić information content (AvgIpc) is 2.22. The van der Waals surface area contributed by atoms with Crippen LogP contribution in [0.15, 0.2) is 0 Å². The van der Waals surface area contributed by atoms with Gasteiger partial charge in [0.1, 0.15) is 0 Å². The van der Waals surface area contributed by atoms with Gasteiger partial charge in [-0.3, -0.25) is 4.79 Å². The molecule has 0 aromatic rings. The standard InChI is InChI=1S/C14H23NO2/c1-13-5-10-4-11(6-13)8-14(7-10,9-13)12(17)15-2-3-16/h10-11,16H,2-9H2,1H3,(H,15,17). The zero-order valence-electron chi connectivity index (χ0n) is 10.7. The van der Waals surface area contributed by atoms with Crippen LogP contribution in [0.2, 0.25) is 0 Å². The lowest BCUT2D eigenvalue weighted by atomic mass is 9.44. The van der Waals surface area contributed by atoms with Gasteiger partial charge >= 0.3 is 0 Å². The molecule has 4 aliphatic rings. The molecule has 4 fully saturated rings. The Morgan fingerprint density at radius 3 is 2.47 bits per heavy atom. The Labute approximate surface area is 103 Å². The third-order valence-electron chi connectivity index (χ3n) is 5.23. The van der Waals surface area contributed by atoms with Crippen LogP contribution in [0.25, 0.3) is 0 Å². The maximum absolute atomic E-state index is 12.4. The minimum absolute atomic E-state index is 0.0476. The number of hydrogen-bond acceptors (Lipinski definition) is 2. The van der Waals surface area contributed by atoms with Gasteiger partial charge in [0.2, 0.25) is 5.91 Å². The van der Waals surface area contributed by atoms with E-state index in [0.717, 1.165) is 31.1 Å². The van der Waals surface area contributed by atoms with Gasteiger partial charge in [0.05, 0.1) is 12.0 Å². The Kier molecular flexibility index (Phi) is 2.51. The SMILES string of the molecule is CC12CC3CC(C1)CC(C(=O)NCCO)(C3)C2. The van der Waals surface area contributed by atoms with Crippen LogP contribution in [-0.4, -0.2) is 24.2 Å². The van der Waals surface area contributed by atoms with E-state index >= 15 is 0 Å². The van der Waals surface area contributed by atoms with Crippen LogP contribution in [-0.2, 0) is 4.79 Å². The topological polar surface area (TPSA) is 49.3 Å². The van der Waals surface area contributed by atoms with Crippen LogP contribution in [0.1, 0.15) is 45.4 Å². The number of nitrogens with one attached hydrogen (secondary N) is 1. The molecule has 0 aromatic heterocycles.